The topological polar surface area (TPSA) is 84.9 Å². The van der Waals surface area contributed by atoms with Crippen molar-refractivity contribution in [1.82, 2.24) is 5.32 Å². The van der Waals surface area contributed by atoms with Gasteiger partial charge in [-0.05, 0) is 48.7 Å². The van der Waals surface area contributed by atoms with Gasteiger partial charge in [-0.2, -0.15) is 0 Å². The summed E-state index contributed by atoms with van der Waals surface area (Å²) in [6, 6.07) is 12.3. The molecule has 3 atom stereocenters. The number of hydrogen-bond acceptors (Lipinski definition) is 4. The van der Waals surface area contributed by atoms with E-state index in [9.17, 15) is 14.7 Å². The molecule has 0 radical (unpaired) electrons. The van der Waals surface area contributed by atoms with E-state index >= 15 is 0 Å². The molecule has 0 saturated carbocycles. The lowest BCUT2D eigenvalue weighted by atomic mass is 9.81. The standard InChI is InChI=1S/C25H30ClNO5/c1-15(2)14-31-21-10-7-18(24(29)30)11-20(21)23-13-25(4,27-16(3)28)12-22(32-23)17-5-8-19(26)9-6-17/h5-11,15,22-23H,12-14H2,1-4H3,(H,27,28)(H,29,30)/t22-,23+,25+/m0/s1. The van der Waals surface area contributed by atoms with E-state index in [-0.39, 0.29) is 17.6 Å². The first-order chi connectivity index (χ1) is 15.1. The zero-order valence-electron chi connectivity index (χ0n) is 18.9. The van der Waals surface area contributed by atoms with Gasteiger partial charge in [0.2, 0.25) is 5.91 Å². The van der Waals surface area contributed by atoms with E-state index in [0.29, 0.717) is 41.7 Å². The van der Waals surface area contributed by atoms with E-state index in [1.807, 2.05) is 45.0 Å². The van der Waals surface area contributed by atoms with Crippen LogP contribution in [-0.2, 0) is 9.53 Å². The molecule has 0 aromatic heterocycles. The molecule has 32 heavy (non-hydrogen) atoms. The highest BCUT2D eigenvalue weighted by molar-refractivity contribution is 6.30. The van der Waals surface area contributed by atoms with Crippen molar-refractivity contribution in [3.63, 3.8) is 0 Å². The Kier molecular flexibility index (Phi) is 7.47. The quantitative estimate of drug-likeness (QED) is 0.566. The van der Waals surface area contributed by atoms with Gasteiger partial charge in [0.1, 0.15) is 5.75 Å². The van der Waals surface area contributed by atoms with Gasteiger partial charge in [0, 0.05) is 35.9 Å². The molecule has 3 rings (SSSR count). The van der Waals surface area contributed by atoms with Crippen LogP contribution in [-0.4, -0.2) is 29.1 Å². The fraction of sp³-hybridized carbons (Fsp3) is 0.440. The van der Waals surface area contributed by atoms with E-state index in [1.54, 1.807) is 12.1 Å². The average Bonchev–Trinajstić information content (AvgIpc) is 2.71. The van der Waals surface area contributed by atoms with Gasteiger partial charge in [-0.3, -0.25) is 4.79 Å². The highest BCUT2D eigenvalue weighted by Crippen LogP contribution is 2.46. The number of carboxylic acid groups (broad SMARTS) is 1. The van der Waals surface area contributed by atoms with Gasteiger partial charge >= 0.3 is 5.97 Å². The van der Waals surface area contributed by atoms with Crippen LogP contribution < -0.4 is 10.1 Å². The second-order valence-electron chi connectivity index (χ2n) is 9.08. The van der Waals surface area contributed by atoms with Crippen LogP contribution in [0.25, 0.3) is 0 Å². The third-order valence-electron chi connectivity index (χ3n) is 5.50. The second-order valence-corrected chi connectivity index (χ2v) is 9.51. The molecule has 1 aliphatic rings. The molecular formula is C25H30ClNO5. The zero-order valence-corrected chi connectivity index (χ0v) is 19.6. The molecule has 0 aliphatic carbocycles. The summed E-state index contributed by atoms with van der Waals surface area (Å²) in [5, 5.41) is 13.2. The number of rotatable bonds is 7. The number of hydrogen-bond donors (Lipinski definition) is 2. The minimum atomic E-state index is -1.02. The van der Waals surface area contributed by atoms with Crippen LogP contribution in [0.3, 0.4) is 0 Å². The Morgan fingerprint density at radius 1 is 1.19 bits per heavy atom. The summed E-state index contributed by atoms with van der Waals surface area (Å²) in [4.78, 5) is 23.6. The molecule has 2 aromatic carbocycles. The minimum Gasteiger partial charge on any atom is -0.493 e. The van der Waals surface area contributed by atoms with Crippen molar-refractivity contribution in [2.75, 3.05) is 6.61 Å². The SMILES string of the molecule is CC(=O)N[C@]1(C)C[C@@H](c2ccc(Cl)cc2)O[C@@H](c2cc(C(=O)O)ccc2OCC(C)C)C1. The smallest absolute Gasteiger partial charge is 0.335 e. The normalized spacial score (nSPS) is 23.1. The number of benzene rings is 2. The zero-order chi connectivity index (χ0) is 23.5. The van der Waals surface area contributed by atoms with Crippen LogP contribution in [0, 0.1) is 5.92 Å². The van der Waals surface area contributed by atoms with Crippen molar-refractivity contribution < 1.29 is 24.2 Å². The van der Waals surface area contributed by atoms with Gasteiger partial charge in [-0.1, -0.05) is 37.6 Å². The van der Waals surface area contributed by atoms with Crippen molar-refractivity contribution in [2.45, 2.75) is 58.3 Å². The highest BCUT2D eigenvalue weighted by atomic mass is 35.5. The largest absolute Gasteiger partial charge is 0.493 e. The van der Waals surface area contributed by atoms with Gasteiger partial charge < -0.3 is 19.9 Å². The molecule has 1 saturated heterocycles. The van der Waals surface area contributed by atoms with Crippen molar-refractivity contribution in [3.8, 4) is 5.75 Å². The predicted octanol–water partition coefficient (Wildman–Crippen LogP) is 5.56. The molecule has 7 heteroatoms. The Morgan fingerprint density at radius 2 is 1.84 bits per heavy atom. The summed E-state index contributed by atoms with van der Waals surface area (Å²) in [6.45, 7) is 8.08. The number of carbonyl (C=O) groups excluding carboxylic acids is 1. The Balaban J connectivity index is 2.03. The van der Waals surface area contributed by atoms with E-state index in [0.717, 1.165) is 5.56 Å². The summed E-state index contributed by atoms with van der Waals surface area (Å²) < 4.78 is 12.5. The predicted molar refractivity (Wildman–Crippen MR) is 123 cm³/mol. The van der Waals surface area contributed by atoms with E-state index < -0.39 is 17.6 Å². The molecule has 1 amide bonds. The molecule has 1 fully saturated rings. The van der Waals surface area contributed by atoms with Crippen molar-refractivity contribution in [2.24, 2.45) is 5.92 Å². The molecule has 0 spiro atoms. The first kappa shape index (κ1) is 24.1. The lowest BCUT2D eigenvalue weighted by Gasteiger charge is -2.43. The van der Waals surface area contributed by atoms with Gasteiger partial charge in [0.25, 0.3) is 0 Å². The fourth-order valence-electron chi connectivity index (χ4n) is 4.10. The van der Waals surface area contributed by atoms with Gasteiger partial charge in [-0.15, -0.1) is 0 Å². The number of ether oxygens (including phenoxy) is 2. The van der Waals surface area contributed by atoms with E-state index in [2.05, 4.69) is 5.32 Å². The highest BCUT2D eigenvalue weighted by Gasteiger charge is 2.41. The van der Waals surface area contributed by atoms with Crippen LogP contribution in [0.4, 0.5) is 0 Å². The third kappa shape index (κ3) is 6.02. The Labute approximate surface area is 193 Å². The molecule has 0 unspecified atom stereocenters. The minimum absolute atomic E-state index is 0.126. The van der Waals surface area contributed by atoms with E-state index in [4.69, 9.17) is 21.1 Å². The number of carboxylic acids is 1. The first-order valence-electron chi connectivity index (χ1n) is 10.8. The summed E-state index contributed by atoms with van der Waals surface area (Å²) in [7, 11) is 0. The van der Waals surface area contributed by atoms with Crippen molar-refractivity contribution >= 4 is 23.5 Å². The first-order valence-corrected chi connectivity index (χ1v) is 11.1. The average molecular weight is 460 g/mol. The van der Waals surface area contributed by atoms with Crippen LogP contribution in [0.15, 0.2) is 42.5 Å². The lowest BCUT2D eigenvalue weighted by molar-refractivity contribution is -0.126. The number of amides is 1. The van der Waals surface area contributed by atoms with Gasteiger partial charge in [-0.25, -0.2) is 4.79 Å². The van der Waals surface area contributed by atoms with Crippen molar-refractivity contribution in [3.05, 3.63) is 64.2 Å². The number of carbonyl (C=O) groups is 2. The van der Waals surface area contributed by atoms with Gasteiger partial charge in [0.15, 0.2) is 0 Å². The molecule has 2 aromatic rings. The van der Waals surface area contributed by atoms with Crippen LogP contribution in [0.1, 0.15) is 74.2 Å². The van der Waals surface area contributed by atoms with E-state index in [1.165, 1.54) is 13.0 Å². The Bertz CT molecular complexity index is 975. The monoisotopic (exact) mass is 459 g/mol. The maximum absolute atomic E-state index is 12.0. The van der Waals surface area contributed by atoms with Crippen molar-refractivity contribution in [1.29, 1.82) is 0 Å². The third-order valence-corrected chi connectivity index (χ3v) is 5.75. The lowest BCUT2D eigenvalue weighted by Crippen LogP contribution is -2.50. The van der Waals surface area contributed by atoms with Crippen LogP contribution in [0.2, 0.25) is 5.02 Å². The summed E-state index contributed by atoms with van der Waals surface area (Å²) in [5.74, 6) is -0.244. The molecular weight excluding hydrogens is 430 g/mol. The fourth-order valence-corrected chi connectivity index (χ4v) is 4.23. The summed E-state index contributed by atoms with van der Waals surface area (Å²) in [6.07, 6.45) is 0.278. The molecule has 1 heterocycles. The van der Waals surface area contributed by atoms with Gasteiger partial charge in [0.05, 0.1) is 24.4 Å². The van der Waals surface area contributed by atoms with Crippen LogP contribution in [0.5, 0.6) is 5.75 Å². The Morgan fingerprint density at radius 3 is 2.44 bits per heavy atom. The molecule has 1 aliphatic heterocycles. The molecule has 0 bridgehead atoms. The maximum atomic E-state index is 12.0. The number of aromatic carboxylic acids is 1. The molecule has 2 N–H and O–H groups in total. The Hall–Kier alpha value is -2.57. The molecule has 6 nitrogen and oxygen atoms in total. The molecule has 172 valence electrons. The number of halogens is 1. The summed E-state index contributed by atoms with van der Waals surface area (Å²) in [5.41, 5.74) is 1.22. The number of nitrogens with one attached hydrogen (secondary N) is 1. The maximum Gasteiger partial charge on any atom is 0.335 e. The van der Waals surface area contributed by atoms with Crippen LogP contribution >= 0.6 is 11.6 Å². The summed E-state index contributed by atoms with van der Waals surface area (Å²) >= 11 is 6.06. The second kappa shape index (κ2) is 9.92.